The summed E-state index contributed by atoms with van der Waals surface area (Å²) < 4.78 is 48.3. The Kier molecular flexibility index (Phi) is 8.62. The Labute approximate surface area is 193 Å². The Balaban J connectivity index is 1.73. The molecular weight excluding hydrogens is 421 g/mol. The first-order valence-electron chi connectivity index (χ1n) is 11.0. The van der Waals surface area contributed by atoms with Crippen molar-refractivity contribution in [2.24, 2.45) is 0 Å². The van der Waals surface area contributed by atoms with Crippen molar-refractivity contribution in [1.82, 2.24) is 0 Å². The van der Waals surface area contributed by atoms with Crippen LogP contribution in [-0.4, -0.2) is 7.11 Å². The van der Waals surface area contributed by atoms with Gasteiger partial charge < -0.3 is 4.74 Å². The number of benzene rings is 3. The second kappa shape index (κ2) is 11.8. The SMILES string of the molecule is CCCCCCc1cc(F)c(C#Cc2ccc(C#Cc3ccc(OC)cc3)c(F)c2)c(F)c1. The van der Waals surface area contributed by atoms with E-state index in [0.29, 0.717) is 23.3 Å². The van der Waals surface area contributed by atoms with Gasteiger partial charge in [0.15, 0.2) is 0 Å². The molecule has 0 aliphatic heterocycles. The van der Waals surface area contributed by atoms with Gasteiger partial charge in [0.25, 0.3) is 0 Å². The number of halogens is 3. The zero-order valence-electron chi connectivity index (χ0n) is 18.8. The predicted octanol–water partition coefficient (Wildman–Crippen LogP) is 7.03. The normalized spacial score (nSPS) is 10.1. The first-order chi connectivity index (χ1) is 16.0. The standard InChI is InChI=1S/C29H25F3O/c1-3-4-5-6-7-23-19-28(31)26(29(32)20-23)17-12-22-9-14-24(27(30)18-22)13-8-21-10-15-25(33-2)16-11-21/h9-11,14-16,18-20H,3-7H2,1-2H3. The molecule has 0 atom stereocenters. The van der Waals surface area contributed by atoms with Crippen molar-refractivity contribution in [2.75, 3.05) is 7.11 Å². The zero-order valence-corrected chi connectivity index (χ0v) is 18.8. The summed E-state index contributed by atoms with van der Waals surface area (Å²) in [6.07, 6.45) is 4.77. The molecule has 33 heavy (non-hydrogen) atoms. The van der Waals surface area contributed by atoms with Crippen molar-refractivity contribution >= 4 is 0 Å². The molecule has 168 valence electrons. The molecule has 0 unspecified atom stereocenters. The topological polar surface area (TPSA) is 9.23 Å². The molecule has 0 aliphatic rings. The summed E-state index contributed by atoms with van der Waals surface area (Å²) in [4.78, 5) is 0. The Morgan fingerprint density at radius 1 is 0.697 bits per heavy atom. The van der Waals surface area contributed by atoms with E-state index < -0.39 is 17.5 Å². The Morgan fingerprint density at radius 3 is 2.00 bits per heavy atom. The van der Waals surface area contributed by atoms with Gasteiger partial charge in [0.05, 0.1) is 18.2 Å². The van der Waals surface area contributed by atoms with Crippen LogP contribution < -0.4 is 4.74 Å². The van der Waals surface area contributed by atoms with Crippen LogP contribution in [0, 0.1) is 41.1 Å². The lowest BCUT2D eigenvalue weighted by Gasteiger charge is -2.04. The zero-order chi connectivity index (χ0) is 23.6. The van der Waals surface area contributed by atoms with Crippen LogP contribution in [0.3, 0.4) is 0 Å². The molecule has 0 saturated heterocycles. The highest BCUT2D eigenvalue weighted by atomic mass is 19.1. The third-order valence-corrected chi connectivity index (χ3v) is 5.15. The first-order valence-corrected chi connectivity index (χ1v) is 11.0. The number of methoxy groups -OCH3 is 1. The molecule has 0 aliphatic carbocycles. The van der Waals surface area contributed by atoms with Crippen molar-refractivity contribution in [2.45, 2.75) is 39.0 Å². The highest BCUT2D eigenvalue weighted by molar-refractivity contribution is 5.49. The predicted molar refractivity (Wildman–Crippen MR) is 126 cm³/mol. The van der Waals surface area contributed by atoms with E-state index >= 15 is 0 Å². The van der Waals surface area contributed by atoms with Crippen LogP contribution in [0.4, 0.5) is 13.2 Å². The molecule has 0 amide bonds. The number of ether oxygens (including phenoxy) is 1. The highest BCUT2D eigenvalue weighted by Crippen LogP contribution is 2.18. The highest BCUT2D eigenvalue weighted by Gasteiger charge is 2.09. The molecule has 0 aromatic heterocycles. The minimum atomic E-state index is -0.699. The lowest BCUT2D eigenvalue weighted by molar-refractivity contribution is 0.415. The average Bonchev–Trinajstić information content (AvgIpc) is 2.81. The van der Waals surface area contributed by atoms with Crippen LogP contribution in [0.1, 0.15) is 60.4 Å². The van der Waals surface area contributed by atoms with E-state index in [0.717, 1.165) is 31.2 Å². The molecule has 0 saturated carbocycles. The molecule has 0 N–H and O–H groups in total. The van der Waals surface area contributed by atoms with E-state index in [2.05, 4.69) is 30.6 Å². The van der Waals surface area contributed by atoms with E-state index in [1.165, 1.54) is 24.3 Å². The maximum absolute atomic E-state index is 14.4. The maximum atomic E-state index is 14.4. The van der Waals surface area contributed by atoms with Crippen molar-refractivity contribution < 1.29 is 17.9 Å². The van der Waals surface area contributed by atoms with Crippen molar-refractivity contribution in [3.8, 4) is 29.4 Å². The van der Waals surface area contributed by atoms with Gasteiger partial charge in [-0.15, -0.1) is 0 Å². The summed E-state index contributed by atoms with van der Waals surface area (Å²) >= 11 is 0. The molecule has 0 heterocycles. The number of aryl methyl sites for hydroxylation is 1. The quantitative estimate of drug-likeness (QED) is 0.292. The number of hydrogen-bond donors (Lipinski definition) is 0. The smallest absolute Gasteiger partial charge is 0.142 e. The molecule has 4 heteroatoms. The monoisotopic (exact) mass is 446 g/mol. The molecular formula is C29H25F3O. The minimum absolute atomic E-state index is 0.209. The van der Waals surface area contributed by atoms with E-state index in [9.17, 15) is 13.2 Å². The van der Waals surface area contributed by atoms with E-state index in [-0.39, 0.29) is 11.1 Å². The third-order valence-electron chi connectivity index (χ3n) is 5.15. The summed E-state index contributed by atoms with van der Waals surface area (Å²) in [6.45, 7) is 2.11. The van der Waals surface area contributed by atoms with Gasteiger partial charge in [-0.1, -0.05) is 49.9 Å². The Hall–Kier alpha value is -3.63. The lowest BCUT2D eigenvalue weighted by Crippen LogP contribution is -1.95. The van der Waals surface area contributed by atoms with Gasteiger partial charge >= 0.3 is 0 Å². The third kappa shape index (κ3) is 6.93. The lowest BCUT2D eigenvalue weighted by atomic mass is 10.0. The van der Waals surface area contributed by atoms with Gasteiger partial charge in [0, 0.05) is 11.1 Å². The van der Waals surface area contributed by atoms with E-state index in [4.69, 9.17) is 4.74 Å². The van der Waals surface area contributed by atoms with Crippen LogP contribution in [-0.2, 0) is 6.42 Å². The minimum Gasteiger partial charge on any atom is -0.497 e. The van der Waals surface area contributed by atoms with Crippen molar-refractivity contribution in [1.29, 1.82) is 0 Å². The molecule has 3 aromatic rings. The summed E-state index contributed by atoms with van der Waals surface area (Å²) in [5, 5.41) is 0. The average molecular weight is 447 g/mol. The fraction of sp³-hybridized carbons (Fsp3) is 0.241. The van der Waals surface area contributed by atoms with Crippen molar-refractivity contribution in [3.63, 3.8) is 0 Å². The van der Waals surface area contributed by atoms with E-state index in [1.807, 2.05) is 0 Å². The van der Waals surface area contributed by atoms with Crippen LogP contribution in [0.15, 0.2) is 54.6 Å². The molecule has 0 fully saturated rings. The number of hydrogen-bond acceptors (Lipinski definition) is 1. The first kappa shape index (κ1) is 24.0. The number of unbranched alkanes of at least 4 members (excludes halogenated alkanes) is 3. The maximum Gasteiger partial charge on any atom is 0.142 e. The Morgan fingerprint density at radius 2 is 1.36 bits per heavy atom. The molecule has 3 aromatic carbocycles. The van der Waals surface area contributed by atoms with Crippen LogP contribution in [0.25, 0.3) is 0 Å². The fourth-order valence-electron chi connectivity index (χ4n) is 3.29. The van der Waals surface area contributed by atoms with Crippen molar-refractivity contribution in [3.05, 3.63) is 99.9 Å². The summed E-state index contributed by atoms with van der Waals surface area (Å²) in [6, 6.07) is 14.1. The van der Waals surface area contributed by atoms with Crippen LogP contribution in [0.2, 0.25) is 0 Å². The second-order valence-corrected chi connectivity index (χ2v) is 7.67. The molecule has 0 spiro atoms. The van der Waals surface area contributed by atoms with Gasteiger partial charge in [0.1, 0.15) is 23.2 Å². The van der Waals surface area contributed by atoms with Gasteiger partial charge in [-0.25, -0.2) is 13.2 Å². The molecule has 3 rings (SSSR count). The van der Waals surface area contributed by atoms with Crippen LogP contribution >= 0.6 is 0 Å². The molecule has 0 bridgehead atoms. The Bertz CT molecular complexity index is 1200. The summed E-state index contributed by atoms with van der Waals surface area (Å²) in [5.41, 5.74) is 1.55. The van der Waals surface area contributed by atoms with Crippen LogP contribution in [0.5, 0.6) is 5.75 Å². The molecule has 1 nitrogen and oxygen atoms in total. The summed E-state index contributed by atoms with van der Waals surface area (Å²) in [7, 11) is 1.58. The van der Waals surface area contributed by atoms with E-state index in [1.54, 1.807) is 37.4 Å². The van der Waals surface area contributed by atoms with Gasteiger partial charge in [-0.05, 0) is 73.0 Å². The molecule has 0 radical (unpaired) electrons. The second-order valence-electron chi connectivity index (χ2n) is 7.67. The van der Waals surface area contributed by atoms with Gasteiger partial charge in [0.2, 0.25) is 0 Å². The number of rotatable bonds is 6. The largest absolute Gasteiger partial charge is 0.497 e. The van der Waals surface area contributed by atoms with Gasteiger partial charge in [-0.2, -0.15) is 0 Å². The fourth-order valence-corrected chi connectivity index (χ4v) is 3.29. The van der Waals surface area contributed by atoms with Gasteiger partial charge in [-0.3, -0.25) is 0 Å². The summed E-state index contributed by atoms with van der Waals surface area (Å²) in [5.74, 6) is 9.59.